The summed E-state index contributed by atoms with van der Waals surface area (Å²) >= 11 is 0. The lowest BCUT2D eigenvalue weighted by Gasteiger charge is -2.14. The number of benzene rings is 3. The molecule has 0 aliphatic rings. The molecule has 0 fully saturated rings. The summed E-state index contributed by atoms with van der Waals surface area (Å²) in [5.41, 5.74) is 2.78. The Morgan fingerprint density at radius 1 is 0.857 bits per heavy atom. The van der Waals surface area contributed by atoms with Crippen LogP contribution in [0.3, 0.4) is 0 Å². The van der Waals surface area contributed by atoms with Crippen molar-refractivity contribution < 1.29 is 19.0 Å². The van der Waals surface area contributed by atoms with Crippen LogP contribution in [0.5, 0.6) is 23.0 Å². The van der Waals surface area contributed by atoms with Gasteiger partial charge in [0.15, 0.2) is 23.9 Å². The minimum absolute atomic E-state index is 0.141. The molecule has 3 aromatic rings. The molecule has 144 valence electrons. The van der Waals surface area contributed by atoms with Crippen LogP contribution in [0, 0.1) is 13.8 Å². The second-order valence-electron chi connectivity index (χ2n) is 6.40. The van der Waals surface area contributed by atoms with E-state index in [-0.39, 0.29) is 12.5 Å². The highest BCUT2D eigenvalue weighted by Gasteiger charge is 2.11. The Labute approximate surface area is 164 Å². The van der Waals surface area contributed by atoms with E-state index in [2.05, 4.69) is 5.32 Å². The van der Waals surface area contributed by atoms with E-state index in [9.17, 15) is 4.79 Å². The molecule has 28 heavy (non-hydrogen) atoms. The van der Waals surface area contributed by atoms with Crippen molar-refractivity contribution in [2.24, 2.45) is 0 Å². The van der Waals surface area contributed by atoms with Gasteiger partial charge in [-0.2, -0.15) is 0 Å². The van der Waals surface area contributed by atoms with Crippen molar-refractivity contribution in [3.8, 4) is 23.0 Å². The molecule has 0 aliphatic carbocycles. The molecule has 0 spiro atoms. The molecule has 1 amide bonds. The van der Waals surface area contributed by atoms with Crippen molar-refractivity contribution in [1.29, 1.82) is 0 Å². The monoisotopic (exact) mass is 377 g/mol. The first-order valence-electron chi connectivity index (χ1n) is 8.96. The molecule has 0 heterocycles. The number of amides is 1. The van der Waals surface area contributed by atoms with Crippen LogP contribution in [0.15, 0.2) is 66.7 Å². The summed E-state index contributed by atoms with van der Waals surface area (Å²) in [6, 6.07) is 20.6. The Morgan fingerprint density at radius 3 is 2.32 bits per heavy atom. The summed E-state index contributed by atoms with van der Waals surface area (Å²) in [4.78, 5) is 12.4. The van der Waals surface area contributed by atoms with Crippen molar-refractivity contribution >= 4 is 11.6 Å². The van der Waals surface area contributed by atoms with E-state index in [1.807, 2.05) is 62.4 Å². The first-order chi connectivity index (χ1) is 13.5. The smallest absolute Gasteiger partial charge is 0.262 e. The van der Waals surface area contributed by atoms with E-state index >= 15 is 0 Å². The van der Waals surface area contributed by atoms with E-state index in [0.29, 0.717) is 28.7 Å². The van der Waals surface area contributed by atoms with E-state index in [1.54, 1.807) is 25.3 Å². The number of rotatable bonds is 7. The van der Waals surface area contributed by atoms with Crippen LogP contribution in [-0.2, 0) is 4.79 Å². The predicted molar refractivity (Wildman–Crippen MR) is 110 cm³/mol. The van der Waals surface area contributed by atoms with Crippen molar-refractivity contribution in [3.63, 3.8) is 0 Å². The Balaban J connectivity index is 1.65. The molecular formula is C23H23NO4. The fraction of sp³-hybridized carbons (Fsp3) is 0.174. The maximum atomic E-state index is 12.4. The Bertz CT molecular complexity index is 951. The van der Waals surface area contributed by atoms with Crippen LogP contribution >= 0.6 is 0 Å². The summed E-state index contributed by atoms with van der Waals surface area (Å²) in [6.07, 6.45) is 0. The highest BCUT2D eigenvalue weighted by Crippen LogP contribution is 2.30. The maximum absolute atomic E-state index is 12.4. The highest BCUT2D eigenvalue weighted by molar-refractivity contribution is 5.93. The largest absolute Gasteiger partial charge is 0.493 e. The van der Waals surface area contributed by atoms with Crippen LogP contribution in [-0.4, -0.2) is 19.6 Å². The fourth-order valence-corrected chi connectivity index (χ4v) is 2.62. The number of para-hydroxylation sites is 2. The van der Waals surface area contributed by atoms with Gasteiger partial charge in [0.1, 0.15) is 5.75 Å². The van der Waals surface area contributed by atoms with Crippen LogP contribution < -0.4 is 19.5 Å². The summed E-state index contributed by atoms with van der Waals surface area (Å²) in [6.45, 7) is 3.84. The highest BCUT2D eigenvalue weighted by atomic mass is 16.5. The van der Waals surface area contributed by atoms with Crippen molar-refractivity contribution in [3.05, 3.63) is 77.9 Å². The molecule has 0 unspecified atom stereocenters. The molecule has 3 rings (SSSR count). The lowest BCUT2D eigenvalue weighted by Crippen LogP contribution is -2.20. The zero-order chi connectivity index (χ0) is 19.9. The summed E-state index contributed by atoms with van der Waals surface area (Å²) in [5, 5.41) is 2.83. The van der Waals surface area contributed by atoms with E-state index < -0.39 is 0 Å². The molecule has 5 nitrogen and oxygen atoms in total. The third kappa shape index (κ3) is 5.04. The second-order valence-corrected chi connectivity index (χ2v) is 6.40. The summed E-state index contributed by atoms with van der Waals surface area (Å²) in [5.74, 6) is 2.09. The van der Waals surface area contributed by atoms with E-state index in [4.69, 9.17) is 14.2 Å². The van der Waals surface area contributed by atoms with Crippen LogP contribution in [0.1, 0.15) is 11.1 Å². The molecule has 0 saturated heterocycles. The molecule has 0 aromatic heterocycles. The molecule has 0 atom stereocenters. The second kappa shape index (κ2) is 8.95. The Kier molecular flexibility index (Phi) is 6.17. The minimum atomic E-state index is -0.289. The number of nitrogens with one attached hydrogen (secondary N) is 1. The number of hydrogen-bond donors (Lipinski definition) is 1. The fourth-order valence-electron chi connectivity index (χ4n) is 2.62. The number of methoxy groups -OCH3 is 1. The first kappa shape index (κ1) is 19.3. The third-order valence-electron chi connectivity index (χ3n) is 4.09. The number of carbonyl (C=O) groups is 1. The number of carbonyl (C=O) groups excluding carboxylic acids is 1. The van der Waals surface area contributed by atoms with Gasteiger partial charge in [-0.05, 0) is 55.8 Å². The van der Waals surface area contributed by atoms with Gasteiger partial charge in [-0.1, -0.05) is 35.9 Å². The minimum Gasteiger partial charge on any atom is -0.493 e. The summed E-state index contributed by atoms with van der Waals surface area (Å²) < 4.78 is 16.8. The van der Waals surface area contributed by atoms with Crippen molar-refractivity contribution in [1.82, 2.24) is 0 Å². The number of hydrogen-bond acceptors (Lipinski definition) is 4. The number of anilines is 1. The van der Waals surface area contributed by atoms with Crippen LogP contribution in [0.2, 0.25) is 0 Å². The van der Waals surface area contributed by atoms with Gasteiger partial charge in [-0.3, -0.25) is 4.79 Å². The molecular weight excluding hydrogens is 354 g/mol. The molecule has 1 N–H and O–H groups in total. The van der Waals surface area contributed by atoms with Gasteiger partial charge in [-0.15, -0.1) is 0 Å². The standard InChI is InChI=1S/C23H23NO4/c1-16-8-11-18(12-9-16)28-20-7-5-4-6-19(20)24-23(25)15-27-21-13-10-17(2)14-22(21)26-3/h4-14H,15H2,1-3H3,(H,24,25). The van der Waals surface area contributed by atoms with E-state index in [0.717, 1.165) is 11.1 Å². The quantitative estimate of drug-likeness (QED) is 0.621. The number of aryl methyl sites for hydroxylation is 2. The lowest BCUT2D eigenvalue weighted by atomic mass is 10.2. The van der Waals surface area contributed by atoms with Crippen molar-refractivity contribution in [2.75, 3.05) is 19.0 Å². The zero-order valence-corrected chi connectivity index (χ0v) is 16.2. The molecule has 3 aromatic carbocycles. The van der Waals surface area contributed by atoms with Gasteiger partial charge in [0.25, 0.3) is 5.91 Å². The maximum Gasteiger partial charge on any atom is 0.262 e. The van der Waals surface area contributed by atoms with Gasteiger partial charge in [0.2, 0.25) is 0 Å². The van der Waals surface area contributed by atoms with Crippen LogP contribution in [0.4, 0.5) is 5.69 Å². The average Bonchev–Trinajstić information content (AvgIpc) is 2.70. The Morgan fingerprint density at radius 2 is 1.57 bits per heavy atom. The first-order valence-corrected chi connectivity index (χ1v) is 8.96. The molecule has 0 bridgehead atoms. The number of ether oxygens (including phenoxy) is 3. The molecule has 0 radical (unpaired) electrons. The van der Waals surface area contributed by atoms with Gasteiger partial charge in [0.05, 0.1) is 12.8 Å². The normalized spacial score (nSPS) is 10.2. The van der Waals surface area contributed by atoms with Gasteiger partial charge in [-0.25, -0.2) is 0 Å². The van der Waals surface area contributed by atoms with Crippen LogP contribution in [0.25, 0.3) is 0 Å². The average molecular weight is 377 g/mol. The summed E-state index contributed by atoms with van der Waals surface area (Å²) in [7, 11) is 1.57. The van der Waals surface area contributed by atoms with Gasteiger partial charge in [0, 0.05) is 0 Å². The lowest BCUT2D eigenvalue weighted by molar-refractivity contribution is -0.118. The predicted octanol–water partition coefficient (Wildman–Crippen LogP) is 5.12. The van der Waals surface area contributed by atoms with Crippen molar-refractivity contribution in [2.45, 2.75) is 13.8 Å². The molecule has 0 saturated carbocycles. The third-order valence-corrected chi connectivity index (χ3v) is 4.09. The molecule has 0 aliphatic heterocycles. The topological polar surface area (TPSA) is 56.8 Å². The van der Waals surface area contributed by atoms with E-state index in [1.165, 1.54) is 0 Å². The molecule has 5 heteroatoms. The zero-order valence-electron chi connectivity index (χ0n) is 16.2. The van der Waals surface area contributed by atoms with Gasteiger partial charge >= 0.3 is 0 Å². The SMILES string of the molecule is COc1cc(C)ccc1OCC(=O)Nc1ccccc1Oc1ccc(C)cc1. The Hall–Kier alpha value is -3.47. The van der Waals surface area contributed by atoms with Gasteiger partial charge < -0.3 is 19.5 Å².